The van der Waals surface area contributed by atoms with E-state index in [9.17, 15) is 4.79 Å². The minimum Gasteiger partial charge on any atom is -0.343 e. The molecule has 5 nitrogen and oxygen atoms in total. The van der Waals surface area contributed by atoms with E-state index in [1.807, 2.05) is 4.90 Å². The van der Waals surface area contributed by atoms with Gasteiger partial charge in [-0.3, -0.25) is 4.79 Å². The molecule has 0 radical (unpaired) electrons. The Hall–Kier alpha value is -0.650. The smallest absolute Gasteiger partial charge is 0.223 e. The maximum atomic E-state index is 12.3. The number of hydrogen-bond donors (Lipinski definition) is 1. The van der Waals surface area contributed by atoms with Gasteiger partial charge in [-0.05, 0) is 54.1 Å². The second kappa shape index (κ2) is 12.0. The zero-order valence-electron chi connectivity index (χ0n) is 15.0. The molecule has 0 spiro atoms. The Bertz CT molecular complexity index is 253. The van der Waals surface area contributed by atoms with Crippen LogP contribution in [0.1, 0.15) is 33.1 Å². The SMILES string of the molecule is CC(C)NCCC(=O)N(CCCN(C)C)CCCN(C)C. The van der Waals surface area contributed by atoms with E-state index in [0.29, 0.717) is 12.5 Å². The largest absolute Gasteiger partial charge is 0.343 e. The van der Waals surface area contributed by atoms with Crippen molar-refractivity contribution in [2.45, 2.75) is 39.2 Å². The lowest BCUT2D eigenvalue weighted by atomic mass is 10.2. The van der Waals surface area contributed by atoms with Crippen molar-refractivity contribution in [2.24, 2.45) is 0 Å². The van der Waals surface area contributed by atoms with Crippen molar-refractivity contribution >= 4 is 5.91 Å². The monoisotopic (exact) mass is 300 g/mol. The van der Waals surface area contributed by atoms with Gasteiger partial charge in [0.15, 0.2) is 0 Å². The van der Waals surface area contributed by atoms with Gasteiger partial charge in [-0.2, -0.15) is 0 Å². The van der Waals surface area contributed by atoms with Crippen molar-refractivity contribution < 1.29 is 4.79 Å². The highest BCUT2D eigenvalue weighted by Crippen LogP contribution is 2.00. The predicted molar refractivity (Wildman–Crippen MR) is 90.7 cm³/mol. The summed E-state index contributed by atoms with van der Waals surface area (Å²) >= 11 is 0. The molecular formula is C16H36N4O. The van der Waals surface area contributed by atoms with Crippen LogP contribution in [0.2, 0.25) is 0 Å². The first-order valence-electron chi connectivity index (χ1n) is 8.13. The quantitative estimate of drug-likeness (QED) is 0.586. The Kier molecular flexibility index (Phi) is 11.6. The van der Waals surface area contributed by atoms with E-state index in [1.165, 1.54) is 0 Å². The topological polar surface area (TPSA) is 38.8 Å². The van der Waals surface area contributed by atoms with Crippen LogP contribution in [0.3, 0.4) is 0 Å². The summed E-state index contributed by atoms with van der Waals surface area (Å²) in [5.74, 6) is 0.278. The minimum atomic E-state index is 0.278. The van der Waals surface area contributed by atoms with Gasteiger partial charge in [0.2, 0.25) is 5.91 Å². The van der Waals surface area contributed by atoms with Gasteiger partial charge in [-0.15, -0.1) is 0 Å². The van der Waals surface area contributed by atoms with Crippen LogP contribution in [-0.4, -0.2) is 87.6 Å². The van der Waals surface area contributed by atoms with Crippen molar-refractivity contribution in [1.82, 2.24) is 20.0 Å². The molecule has 126 valence electrons. The molecule has 0 aliphatic rings. The van der Waals surface area contributed by atoms with Crippen LogP contribution >= 0.6 is 0 Å². The number of nitrogens with one attached hydrogen (secondary N) is 1. The lowest BCUT2D eigenvalue weighted by Gasteiger charge is -2.24. The van der Waals surface area contributed by atoms with E-state index in [1.54, 1.807) is 0 Å². The summed E-state index contributed by atoms with van der Waals surface area (Å²) in [4.78, 5) is 18.7. The molecule has 0 aromatic heterocycles. The second-order valence-corrected chi connectivity index (χ2v) is 6.55. The van der Waals surface area contributed by atoms with Crippen LogP contribution in [0.25, 0.3) is 0 Å². The normalized spacial score (nSPS) is 11.7. The molecular weight excluding hydrogens is 264 g/mol. The Morgan fingerprint density at radius 2 is 1.38 bits per heavy atom. The van der Waals surface area contributed by atoms with Crippen LogP contribution in [0.5, 0.6) is 0 Å². The minimum absolute atomic E-state index is 0.278. The molecule has 0 aromatic carbocycles. The van der Waals surface area contributed by atoms with E-state index >= 15 is 0 Å². The summed E-state index contributed by atoms with van der Waals surface area (Å²) < 4.78 is 0. The van der Waals surface area contributed by atoms with Gasteiger partial charge in [0.1, 0.15) is 0 Å². The molecule has 0 saturated heterocycles. The van der Waals surface area contributed by atoms with Crippen molar-refractivity contribution in [1.29, 1.82) is 0 Å². The van der Waals surface area contributed by atoms with Gasteiger partial charge >= 0.3 is 0 Å². The van der Waals surface area contributed by atoms with E-state index in [2.05, 4.69) is 57.2 Å². The zero-order chi connectivity index (χ0) is 16.3. The molecule has 0 aliphatic carbocycles. The van der Waals surface area contributed by atoms with E-state index < -0.39 is 0 Å². The molecule has 5 heteroatoms. The number of amides is 1. The summed E-state index contributed by atoms with van der Waals surface area (Å²) in [5, 5.41) is 3.32. The Labute approximate surface area is 131 Å². The van der Waals surface area contributed by atoms with Gasteiger partial charge in [-0.25, -0.2) is 0 Å². The fourth-order valence-corrected chi connectivity index (χ4v) is 2.14. The number of carbonyl (C=O) groups excluding carboxylic acids is 1. The van der Waals surface area contributed by atoms with Gasteiger partial charge in [0.05, 0.1) is 0 Å². The highest BCUT2D eigenvalue weighted by atomic mass is 16.2. The average molecular weight is 300 g/mol. The molecule has 0 aliphatic heterocycles. The van der Waals surface area contributed by atoms with Crippen molar-refractivity contribution in [2.75, 3.05) is 60.9 Å². The molecule has 0 aromatic rings. The van der Waals surface area contributed by atoms with Gasteiger partial charge in [0.25, 0.3) is 0 Å². The van der Waals surface area contributed by atoms with E-state index in [4.69, 9.17) is 0 Å². The molecule has 0 heterocycles. The number of nitrogens with zero attached hydrogens (tertiary/aromatic N) is 3. The van der Waals surface area contributed by atoms with Gasteiger partial charge in [-0.1, -0.05) is 13.8 Å². The Morgan fingerprint density at radius 3 is 1.76 bits per heavy atom. The zero-order valence-corrected chi connectivity index (χ0v) is 15.0. The maximum Gasteiger partial charge on any atom is 0.223 e. The average Bonchev–Trinajstić information content (AvgIpc) is 2.35. The van der Waals surface area contributed by atoms with Crippen LogP contribution in [0, 0.1) is 0 Å². The summed E-state index contributed by atoms with van der Waals surface area (Å²) in [5.41, 5.74) is 0. The van der Waals surface area contributed by atoms with Crippen molar-refractivity contribution in [3.63, 3.8) is 0 Å². The third-order valence-corrected chi connectivity index (χ3v) is 3.31. The van der Waals surface area contributed by atoms with Crippen molar-refractivity contribution in [3.05, 3.63) is 0 Å². The summed E-state index contributed by atoms with van der Waals surface area (Å²) in [6, 6.07) is 0.439. The molecule has 21 heavy (non-hydrogen) atoms. The summed E-state index contributed by atoms with van der Waals surface area (Å²) in [6.45, 7) is 8.78. The molecule has 0 fully saturated rings. The lowest BCUT2D eigenvalue weighted by Crippen LogP contribution is -2.37. The first kappa shape index (κ1) is 20.3. The Morgan fingerprint density at radius 1 is 0.905 bits per heavy atom. The summed E-state index contributed by atoms with van der Waals surface area (Å²) in [6.07, 6.45) is 2.68. The molecule has 0 bridgehead atoms. The summed E-state index contributed by atoms with van der Waals surface area (Å²) in [7, 11) is 8.30. The van der Waals surface area contributed by atoms with Crippen LogP contribution in [0.4, 0.5) is 0 Å². The fourth-order valence-electron chi connectivity index (χ4n) is 2.14. The Balaban J connectivity index is 4.16. The lowest BCUT2D eigenvalue weighted by molar-refractivity contribution is -0.131. The van der Waals surface area contributed by atoms with Crippen molar-refractivity contribution in [3.8, 4) is 0 Å². The van der Waals surface area contributed by atoms with Crippen LogP contribution < -0.4 is 5.32 Å². The molecule has 0 rings (SSSR count). The third-order valence-electron chi connectivity index (χ3n) is 3.31. The number of rotatable bonds is 12. The molecule has 1 amide bonds. The highest BCUT2D eigenvalue weighted by Gasteiger charge is 2.13. The van der Waals surface area contributed by atoms with Gasteiger partial charge < -0.3 is 20.0 Å². The highest BCUT2D eigenvalue weighted by molar-refractivity contribution is 5.76. The van der Waals surface area contributed by atoms with Crippen LogP contribution in [-0.2, 0) is 4.79 Å². The molecule has 0 atom stereocenters. The first-order chi connectivity index (χ1) is 9.82. The maximum absolute atomic E-state index is 12.3. The molecule has 0 unspecified atom stereocenters. The predicted octanol–water partition coefficient (Wildman–Crippen LogP) is 1.11. The molecule has 1 N–H and O–H groups in total. The van der Waals surface area contributed by atoms with Crippen LogP contribution in [0.15, 0.2) is 0 Å². The standard InChI is InChI=1S/C16H36N4O/c1-15(2)17-10-9-16(21)20(13-7-11-18(3)4)14-8-12-19(5)6/h15,17H,7-14H2,1-6H3. The fraction of sp³-hybridized carbons (Fsp3) is 0.938. The first-order valence-corrected chi connectivity index (χ1v) is 8.13. The number of carbonyl (C=O) groups is 1. The van der Waals surface area contributed by atoms with E-state index in [-0.39, 0.29) is 5.91 Å². The molecule has 0 saturated carbocycles. The van der Waals surface area contributed by atoms with Gasteiger partial charge in [0, 0.05) is 32.1 Å². The second-order valence-electron chi connectivity index (χ2n) is 6.55. The van der Waals surface area contributed by atoms with E-state index in [0.717, 1.165) is 45.6 Å². The number of hydrogen-bond acceptors (Lipinski definition) is 4. The third kappa shape index (κ3) is 12.8.